The van der Waals surface area contributed by atoms with Crippen molar-refractivity contribution >= 4 is 12.4 Å². The number of hydrogen-bond acceptors (Lipinski definition) is 4. The highest BCUT2D eigenvalue weighted by molar-refractivity contribution is 5.75. The molecule has 88 valence electrons. The number of ether oxygens (including phenoxy) is 2. The van der Waals surface area contributed by atoms with Crippen molar-refractivity contribution < 1.29 is 32.2 Å². The summed E-state index contributed by atoms with van der Waals surface area (Å²) in [7, 11) is 0. The van der Waals surface area contributed by atoms with Crippen molar-refractivity contribution in [2.45, 2.75) is 25.3 Å². The summed E-state index contributed by atoms with van der Waals surface area (Å²) in [6.45, 7) is -1.31. The largest absolute Gasteiger partial charge is 0.458 e. The SMILES string of the molecule is CC(CF)OC(=O)C(F)C(CF)OC=O. The van der Waals surface area contributed by atoms with Crippen LogP contribution in [-0.2, 0) is 19.1 Å². The van der Waals surface area contributed by atoms with Gasteiger partial charge in [0.15, 0.2) is 6.10 Å². The lowest BCUT2D eigenvalue weighted by molar-refractivity contribution is -0.163. The average molecular weight is 228 g/mol. The van der Waals surface area contributed by atoms with Crippen molar-refractivity contribution in [3.05, 3.63) is 0 Å². The van der Waals surface area contributed by atoms with Gasteiger partial charge in [-0.2, -0.15) is 0 Å². The van der Waals surface area contributed by atoms with Gasteiger partial charge in [-0.05, 0) is 6.92 Å². The van der Waals surface area contributed by atoms with Gasteiger partial charge in [0.2, 0.25) is 6.17 Å². The summed E-state index contributed by atoms with van der Waals surface area (Å²) in [5.41, 5.74) is 0. The molecule has 0 saturated heterocycles. The highest BCUT2D eigenvalue weighted by Crippen LogP contribution is 2.08. The van der Waals surface area contributed by atoms with E-state index in [1.807, 2.05) is 0 Å². The number of carbonyl (C=O) groups is 2. The van der Waals surface area contributed by atoms with Crippen LogP contribution in [0.2, 0.25) is 0 Å². The molecule has 7 heteroatoms. The molecule has 0 radical (unpaired) electrons. The molecule has 3 unspecified atom stereocenters. The van der Waals surface area contributed by atoms with Gasteiger partial charge in [0.1, 0.15) is 19.5 Å². The van der Waals surface area contributed by atoms with Crippen molar-refractivity contribution in [3.63, 3.8) is 0 Å². The van der Waals surface area contributed by atoms with Crippen molar-refractivity contribution in [2.24, 2.45) is 0 Å². The van der Waals surface area contributed by atoms with Crippen LogP contribution >= 0.6 is 0 Å². The number of halogens is 3. The molecule has 0 N–H and O–H groups in total. The normalized spacial score (nSPS) is 16.3. The van der Waals surface area contributed by atoms with Crippen LogP contribution in [0.1, 0.15) is 6.92 Å². The standard InChI is InChI=1S/C8H11F3O4/c1-5(2-9)15-8(13)7(11)6(3-10)14-4-12/h4-7H,2-3H2,1H3. The van der Waals surface area contributed by atoms with Crippen LogP contribution in [0.25, 0.3) is 0 Å². The summed E-state index contributed by atoms with van der Waals surface area (Å²) in [5.74, 6) is -1.45. The molecule has 0 rings (SSSR count). The molecule has 0 aliphatic carbocycles. The van der Waals surface area contributed by atoms with E-state index in [4.69, 9.17) is 0 Å². The third-order valence-corrected chi connectivity index (χ3v) is 1.47. The Balaban J connectivity index is 4.21. The average Bonchev–Trinajstić information content (AvgIpc) is 2.24. The first kappa shape index (κ1) is 13.7. The Morgan fingerprint density at radius 1 is 1.40 bits per heavy atom. The van der Waals surface area contributed by atoms with E-state index in [1.54, 1.807) is 0 Å². The monoisotopic (exact) mass is 228 g/mol. The first-order valence-corrected chi connectivity index (χ1v) is 4.12. The Morgan fingerprint density at radius 2 is 2.00 bits per heavy atom. The van der Waals surface area contributed by atoms with Crippen LogP contribution < -0.4 is 0 Å². The van der Waals surface area contributed by atoms with Crippen molar-refractivity contribution in [2.75, 3.05) is 13.3 Å². The fourth-order valence-electron chi connectivity index (χ4n) is 0.701. The van der Waals surface area contributed by atoms with Gasteiger partial charge in [0.25, 0.3) is 6.47 Å². The second-order valence-corrected chi connectivity index (χ2v) is 2.73. The van der Waals surface area contributed by atoms with Gasteiger partial charge in [-0.25, -0.2) is 18.0 Å². The van der Waals surface area contributed by atoms with Gasteiger partial charge in [0.05, 0.1) is 0 Å². The van der Waals surface area contributed by atoms with E-state index < -0.39 is 37.7 Å². The third-order valence-electron chi connectivity index (χ3n) is 1.47. The first-order valence-electron chi connectivity index (χ1n) is 4.12. The lowest BCUT2D eigenvalue weighted by Gasteiger charge is -2.17. The van der Waals surface area contributed by atoms with Gasteiger partial charge in [0, 0.05) is 0 Å². The number of hydrogen-bond donors (Lipinski definition) is 0. The van der Waals surface area contributed by atoms with Crippen LogP contribution in [0.4, 0.5) is 13.2 Å². The molecule has 0 aromatic rings. The Morgan fingerprint density at radius 3 is 2.40 bits per heavy atom. The van der Waals surface area contributed by atoms with Crippen molar-refractivity contribution in [1.29, 1.82) is 0 Å². The molecule has 4 nitrogen and oxygen atoms in total. The van der Waals surface area contributed by atoms with E-state index in [0.29, 0.717) is 0 Å². The van der Waals surface area contributed by atoms with E-state index in [9.17, 15) is 22.8 Å². The molecule has 0 saturated carbocycles. The van der Waals surface area contributed by atoms with E-state index in [0.717, 1.165) is 0 Å². The van der Waals surface area contributed by atoms with E-state index >= 15 is 0 Å². The Bertz CT molecular complexity index is 212. The molecular weight excluding hydrogens is 217 g/mol. The van der Waals surface area contributed by atoms with Crippen LogP contribution in [0, 0.1) is 0 Å². The minimum absolute atomic E-state index is 0.178. The van der Waals surface area contributed by atoms with Gasteiger partial charge in [-0.15, -0.1) is 0 Å². The highest BCUT2D eigenvalue weighted by atomic mass is 19.1. The maximum atomic E-state index is 13.0. The fraction of sp³-hybridized carbons (Fsp3) is 0.750. The quantitative estimate of drug-likeness (QED) is 0.476. The second-order valence-electron chi connectivity index (χ2n) is 2.73. The molecule has 3 atom stereocenters. The number of carbonyl (C=O) groups excluding carboxylic acids is 2. The van der Waals surface area contributed by atoms with Crippen LogP contribution in [0.15, 0.2) is 0 Å². The molecule has 15 heavy (non-hydrogen) atoms. The molecule has 0 bridgehead atoms. The Hall–Kier alpha value is -1.27. The molecule has 0 aromatic heterocycles. The Kier molecular flexibility index (Phi) is 6.48. The van der Waals surface area contributed by atoms with E-state index in [-0.39, 0.29) is 6.47 Å². The zero-order valence-corrected chi connectivity index (χ0v) is 7.99. The van der Waals surface area contributed by atoms with Gasteiger partial charge in [-0.3, -0.25) is 4.79 Å². The van der Waals surface area contributed by atoms with Crippen LogP contribution in [-0.4, -0.2) is 44.2 Å². The summed E-state index contributed by atoms with van der Waals surface area (Å²) in [4.78, 5) is 20.7. The Labute approximate surface area is 84.3 Å². The summed E-state index contributed by atoms with van der Waals surface area (Å²) in [6.07, 6.45) is -5.41. The van der Waals surface area contributed by atoms with Gasteiger partial charge in [-0.1, -0.05) is 0 Å². The van der Waals surface area contributed by atoms with Gasteiger partial charge < -0.3 is 9.47 Å². The summed E-state index contributed by atoms with van der Waals surface area (Å²) in [6, 6.07) is 0. The van der Waals surface area contributed by atoms with Crippen molar-refractivity contribution in [3.8, 4) is 0 Å². The molecule has 0 aliphatic heterocycles. The molecule has 0 aromatic carbocycles. The van der Waals surface area contributed by atoms with Crippen molar-refractivity contribution in [1.82, 2.24) is 0 Å². The summed E-state index contributed by atoms with van der Waals surface area (Å²) in [5, 5.41) is 0. The smallest absolute Gasteiger partial charge is 0.345 e. The number of esters is 1. The predicted octanol–water partition coefficient (Wildman–Crippen LogP) is 0.737. The third kappa shape index (κ3) is 4.66. The zero-order valence-electron chi connectivity index (χ0n) is 7.99. The highest BCUT2D eigenvalue weighted by Gasteiger charge is 2.32. The van der Waals surface area contributed by atoms with Gasteiger partial charge >= 0.3 is 5.97 Å². The minimum Gasteiger partial charge on any atom is -0.458 e. The molecular formula is C8H11F3O4. The lowest BCUT2D eigenvalue weighted by Crippen LogP contribution is -2.37. The number of alkyl halides is 3. The van der Waals surface area contributed by atoms with Crippen LogP contribution in [0.5, 0.6) is 0 Å². The first-order chi connectivity index (χ1) is 7.06. The van der Waals surface area contributed by atoms with E-state index in [1.165, 1.54) is 6.92 Å². The zero-order chi connectivity index (χ0) is 11.8. The molecule has 0 fully saturated rings. The van der Waals surface area contributed by atoms with E-state index in [2.05, 4.69) is 9.47 Å². The molecule has 0 amide bonds. The molecule has 0 aliphatic rings. The fourth-order valence-corrected chi connectivity index (χ4v) is 0.701. The molecule has 0 heterocycles. The molecule has 0 spiro atoms. The maximum absolute atomic E-state index is 13.0. The minimum atomic E-state index is -2.45. The lowest BCUT2D eigenvalue weighted by atomic mass is 10.2. The van der Waals surface area contributed by atoms with Crippen LogP contribution in [0.3, 0.4) is 0 Å². The summed E-state index contributed by atoms with van der Waals surface area (Å²) >= 11 is 0. The maximum Gasteiger partial charge on any atom is 0.345 e. The number of rotatable bonds is 7. The second kappa shape index (κ2) is 7.08. The summed E-state index contributed by atoms with van der Waals surface area (Å²) < 4.78 is 45.2. The topological polar surface area (TPSA) is 52.6 Å². The predicted molar refractivity (Wildman–Crippen MR) is 43.3 cm³/mol.